The number of nitrogens with one attached hydrogen (secondary N) is 2. The van der Waals surface area contributed by atoms with Crippen molar-refractivity contribution in [2.24, 2.45) is 10.4 Å². The van der Waals surface area contributed by atoms with Crippen LogP contribution in [0, 0.1) is 5.41 Å². The number of likely N-dealkylation sites (N-methyl/N-ethyl adjacent to an activating group) is 1. The fourth-order valence-electron chi connectivity index (χ4n) is 3.79. The molecule has 1 aliphatic carbocycles. The van der Waals surface area contributed by atoms with E-state index in [1.807, 2.05) is 7.05 Å². The highest BCUT2D eigenvalue weighted by Crippen LogP contribution is 2.40. The van der Waals surface area contributed by atoms with Gasteiger partial charge in [-0.1, -0.05) is 43.2 Å². The van der Waals surface area contributed by atoms with E-state index in [2.05, 4.69) is 57.9 Å². The lowest BCUT2D eigenvalue weighted by atomic mass is 9.83. The van der Waals surface area contributed by atoms with E-state index in [-0.39, 0.29) is 0 Å². The van der Waals surface area contributed by atoms with Crippen LogP contribution in [0.5, 0.6) is 0 Å². The zero-order valence-electron chi connectivity index (χ0n) is 16.8. The Bertz CT molecular complexity index is 526. The zero-order valence-corrected chi connectivity index (χ0v) is 16.8. The Hall–Kier alpha value is -1.59. The highest BCUT2D eigenvalue weighted by molar-refractivity contribution is 5.79. The molecular formula is C21H36N4O. The Kier molecular flexibility index (Phi) is 8.92. The summed E-state index contributed by atoms with van der Waals surface area (Å²) in [6, 6.07) is 10.6. The van der Waals surface area contributed by atoms with Gasteiger partial charge < -0.3 is 20.3 Å². The molecule has 0 unspecified atom stereocenters. The van der Waals surface area contributed by atoms with Crippen LogP contribution in [0.25, 0.3) is 0 Å². The predicted octanol–water partition coefficient (Wildman–Crippen LogP) is 2.88. The van der Waals surface area contributed by atoms with E-state index < -0.39 is 0 Å². The molecule has 2 N–H and O–H groups in total. The third-order valence-electron chi connectivity index (χ3n) is 5.44. The van der Waals surface area contributed by atoms with Crippen LogP contribution in [0.15, 0.2) is 35.3 Å². The van der Waals surface area contributed by atoms with Gasteiger partial charge in [-0.15, -0.1) is 0 Å². The molecule has 0 radical (unpaired) electrons. The van der Waals surface area contributed by atoms with E-state index in [0.717, 1.165) is 45.2 Å². The van der Waals surface area contributed by atoms with Gasteiger partial charge in [-0.05, 0) is 37.3 Å². The summed E-state index contributed by atoms with van der Waals surface area (Å²) in [6.45, 7) is 4.65. The van der Waals surface area contributed by atoms with Crippen molar-refractivity contribution >= 4 is 5.96 Å². The summed E-state index contributed by atoms with van der Waals surface area (Å²) < 4.78 is 5.32. The summed E-state index contributed by atoms with van der Waals surface area (Å²) in [6.07, 6.45) is 6.39. The van der Waals surface area contributed by atoms with Gasteiger partial charge in [0, 0.05) is 46.9 Å². The molecule has 146 valence electrons. The van der Waals surface area contributed by atoms with Crippen LogP contribution in [-0.4, -0.2) is 58.3 Å². The van der Waals surface area contributed by atoms with E-state index in [1.165, 1.54) is 31.2 Å². The second-order valence-electron chi connectivity index (χ2n) is 7.53. The van der Waals surface area contributed by atoms with E-state index >= 15 is 0 Å². The van der Waals surface area contributed by atoms with Gasteiger partial charge in [0.1, 0.15) is 0 Å². The molecule has 0 amide bonds. The maximum atomic E-state index is 5.32. The Morgan fingerprint density at radius 1 is 1.19 bits per heavy atom. The first kappa shape index (κ1) is 20.7. The third-order valence-corrected chi connectivity index (χ3v) is 5.44. The van der Waals surface area contributed by atoms with Crippen LogP contribution >= 0.6 is 0 Å². The Morgan fingerprint density at radius 3 is 2.58 bits per heavy atom. The topological polar surface area (TPSA) is 48.9 Å². The molecule has 0 saturated heterocycles. The van der Waals surface area contributed by atoms with Gasteiger partial charge in [0.05, 0.1) is 0 Å². The highest BCUT2D eigenvalue weighted by atomic mass is 16.5. The molecule has 5 nitrogen and oxygen atoms in total. The number of hydrogen-bond donors (Lipinski definition) is 2. The van der Waals surface area contributed by atoms with Crippen molar-refractivity contribution in [2.45, 2.75) is 38.6 Å². The van der Waals surface area contributed by atoms with Gasteiger partial charge in [-0.3, -0.25) is 4.99 Å². The Balaban J connectivity index is 1.70. The van der Waals surface area contributed by atoms with Gasteiger partial charge in [0.15, 0.2) is 5.96 Å². The molecule has 1 aromatic rings. The maximum Gasteiger partial charge on any atom is 0.191 e. The second kappa shape index (κ2) is 11.2. The van der Waals surface area contributed by atoms with Crippen LogP contribution in [0.3, 0.4) is 0 Å². The van der Waals surface area contributed by atoms with Crippen molar-refractivity contribution in [3.63, 3.8) is 0 Å². The van der Waals surface area contributed by atoms with Crippen LogP contribution in [-0.2, 0) is 11.3 Å². The Morgan fingerprint density at radius 2 is 1.92 bits per heavy atom. The molecule has 0 spiro atoms. The first-order chi connectivity index (χ1) is 12.7. The third kappa shape index (κ3) is 6.96. The van der Waals surface area contributed by atoms with E-state index in [1.54, 1.807) is 7.11 Å². The number of aliphatic imine (C=N–C) groups is 1. The SMILES string of the molecule is CN=C(NCCN(C)Cc1ccccc1)NCC1(CCOC)CCCC1. The summed E-state index contributed by atoms with van der Waals surface area (Å²) in [5.41, 5.74) is 1.72. The van der Waals surface area contributed by atoms with Crippen molar-refractivity contribution in [1.82, 2.24) is 15.5 Å². The summed E-state index contributed by atoms with van der Waals surface area (Å²) in [5, 5.41) is 7.00. The zero-order chi connectivity index (χ0) is 18.7. The number of hydrogen-bond acceptors (Lipinski definition) is 3. The monoisotopic (exact) mass is 360 g/mol. The summed E-state index contributed by atoms with van der Waals surface area (Å²) in [4.78, 5) is 6.71. The summed E-state index contributed by atoms with van der Waals surface area (Å²) >= 11 is 0. The maximum absolute atomic E-state index is 5.32. The number of ether oxygens (including phenoxy) is 1. The van der Waals surface area contributed by atoms with Crippen molar-refractivity contribution in [1.29, 1.82) is 0 Å². The lowest BCUT2D eigenvalue weighted by Crippen LogP contribution is -2.45. The van der Waals surface area contributed by atoms with Crippen molar-refractivity contribution in [2.75, 3.05) is 47.4 Å². The van der Waals surface area contributed by atoms with Crippen molar-refractivity contribution < 1.29 is 4.74 Å². The lowest BCUT2D eigenvalue weighted by molar-refractivity contribution is 0.138. The molecule has 0 bridgehead atoms. The first-order valence-electron chi connectivity index (χ1n) is 9.83. The highest BCUT2D eigenvalue weighted by Gasteiger charge is 2.33. The number of benzene rings is 1. The van der Waals surface area contributed by atoms with Gasteiger partial charge in [-0.25, -0.2) is 0 Å². The van der Waals surface area contributed by atoms with E-state index in [0.29, 0.717) is 5.41 Å². The molecular weight excluding hydrogens is 324 g/mol. The van der Waals surface area contributed by atoms with Gasteiger partial charge in [0.25, 0.3) is 0 Å². The van der Waals surface area contributed by atoms with Crippen LogP contribution in [0.2, 0.25) is 0 Å². The van der Waals surface area contributed by atoms with Gasteiger partial charge >= 0.3 is 0 Å². The van der Waals surface area contributed by atoms with Crippen molar-refractivity contribution in [3.8, 4) is 0 Å². The smallest absolute Gasteiger partial charge is 0.191 e. The molecule has 1 fully saturated rings. The average Bonchev–Trinajstić information content (AvgIpc) is 3.13. The van der Waals surface area contributed by atoms with Gasteiger partial charge in [0.2, 0.25) is 0 Å². The number of methoxy groups -OCH3 is 1. The predicted molar refractivity (Wildman–Crippen MR) is 110 cm³/mol. The summed E-state index contributed by atoms with van der Waals surface area (Å²) in [7, 11) is 5.80. The molecule has 1 saturated carbocycles. The molecule has 5 heteroatoms. The van der Waals surface area contributed by atoms with Crippen LogP contribution < -0.4 is 10.6 Å². The van der Waals surface area contributed by atoms with E-state index in [9.17, 15) is 0 Å². The fraction of sp³-hybridized carbons (Fsp3) is 0.667. The lowest BCUT2D eigenvalue weighted by Gasteiger charge is -2.30. The molecule has 0 atom stereocenters. The quantitative estimate of drug-likeness (QED) is 0.498. The normalized spacial score (nSPS) is 16.8. The van der Waals surface area contributed by atoms with Gasteiger partial charge in [-0.2, -0.15) is 0 Å². The second-order valence-corrected chi connectivity index (χ2v) is 7.53. The molecule has 1 aliphatic rings. The average molecular weight is 361 g/mol. The van der Waals surface area contributed by atoms with Crippen molar-refractivity contribution in [3.05, 3.63) is 35.9 Å². The molecule has 2 rings (SSSR count). The molecule has 0 aromatic heterocycles. The molecule has 1 aromatic carbocycles. The minimum atomic E-state index is 0.373. The number of rotatable bonds is 10. The Labute approximate surface area is 159 Å². The number of guanidine groups is 1. The standard InChI is InChI=1S/C21H36N4O/c1-22-20(24-18-21(13-16-26-3)11-7-8-12-21)23-14-15-25(2)17-19-9-5-4-6-10-19/h4-6,9-10H,7-8,11-18H2,1-3H3,(H2,22,23,24). The van der Waals surface area contributed by atoms with Crippen LogP contribution in [0.1, 0.15) is 37.7 Å². The minimum Gasteiger partial charge on any atom is -0.385 e. The first-order valence-corrected chi connectivity index (χ1v) is 9.83. The molecule has 0 heterocycles. The number of nitrogens with zero attached hydrogens (tertiary/aromatic N) is 2. The minimum absolute atomic E-state index is 0.373. The molecule has 26 heavy (non-hydrogen) atoms. The van der Waals surface area contributed by atoms with Crippen LogP contribution in [0.4, 0.5) is 0 Å². The largest absolute Gasteiger partial charge is 0.385 e. The summed E-state index contributed by atoms with van der Waals surface area (Å²) in [5.74, 6) is 0.904. The van der Waals surface area contributed by atoms with E-state index in [4.69, 9.17) is 4.74 Å². The fourth-order valence-corrected chi connectivity index (χ4v) is 3.79. The molecule has 0 aliphatic heterocycles.